The van der Waals surface area contributed by atoms with Crippen LogP contribution in [0, 0.1) is 13.8 Å². The van der Waals surface area contributed by atoms with Crippen LogP contribution in [0.1, 0.15) is 11.1 Å². The van der Waals surface area contributed by atoms with Crippen LogP contribution in [0.3, 0.4) is 0 Å². The summed E-state index contributed by atoms with van der Waals surface area (Å²) in [6.45, 7) is 3.55. The molecule has 0 aliphatic rings. The molecule has 4 nitrogen and oxygen atoms in total. The van der Waals surface area contributed by atoms with Gasteiger partial charge in [0.1, 0.15) is 5.75 Å². The van der Waals surface area contributed by atoms with E-state index < -0.39 is 10.0 Å². The Morgan fingerprint density at radius 1 is 1.29 bits per heavy atom. The zero-order valence-corrected chi connectivity index (χ0v) is 9.14. The summed E-state index contributed by atoms with van der Waals surface area (Å²) >= 11 is 0. The molecular weight excluding hydrogens is 202 g/mol. The maximum atomic E-state index is 11.0. The molecule has 1 aromatic rings. The van der Waals surface area contributed by atoms with E-state index >= 15 is 0 Å². The quantitative estimate of drug-likeness (QED) is 0.732. The Morgan fingerprint density at radius 3 is 2.36 bits per heavy atom. The monoisotopic (exact) mass is 215 g/mol. The molecule has 0 saturated carbocycles. The molecule has 0 unspecified atom stereocenters. The van der Waals surface area contributed by atoms with E-state index in [1.807, 2.05) is 6.92 Å². The summed E-state index contributed by atoms with van der Waals surface area (Å²) in [5.74, 6) is -0.0268. The third-order valence-corrected chi connectivity index (χ3v) is 2.33. The van der Waals surface area contributed by atoms with E-state index in [0.717, 1.165) is 11.8 Å². The first-order chi connectivity index (χ1) is 6.29. The molecule has 0 radical (unpaired) electrons. The minimum atomic E-state index is -3.34. The van der Waals surface area contributed by atoms with Gasteiger partial charge in [0, 0.05) is 0 Å². The van der Waals surface area contributed by atoms with Gasteiger partial charge in [-0.3, -0.25) is 4.72 Å². The Balaban J connectivity index is 3.22. The minimum Gasteiger partial charge on any atom is -0.505 e. The average molecular weight is 215 g/mol. The Labute approximate surface area is 83.6 Å². The van der Waals surface area contributed by atoms with Crippen molar-refractivity contribution in [2.75, 3.05) is 11.0 Å². The zero-order chi connectivity index (χ0) is 10.9. The summed E-state index contributed by atoms with van der Waals surface area (Å²) in [5, 5.41) is 9.56. The number of sulfonamides is 1. The lowest BCUT2D eigenvalue weighted by Gasteiger charge is -2.09. The predicted molar refractivity (Wildman–Crippen MR) is 56.0 cm³/mol. The highest BCUT2D eigenvalue weighted by molar-refractivity contribution is 7.92. The van der Waals surface area contributed by atoms with Gasteiger partial charge in [-0.1, -0.05) is 6.07 Å². The second kappa shape index (κ2) is 3.49. The summed E-state index contributed by atoms with van der Waals surface area (Å²) < 4.78 is 24.2. The summed E-state index contributed by atoms with van der Waals surface area (Å²) in [7, 11) is -3.34. The highest BCUT2D eigenvalue weighted by Crippen LogP contribution is 2.28. The third kappa shape index (κ3) is 2.63. The van der Waals surface area contributed by atoms with E-state index in [1.54, 1.807) is 19.1 Å². The van der Waals surface area contributed by atoms with Gasteiger partial charge in [-0.25, -0.2) is 8.42 Å². The molecule has 5 heteroatoms. The van der Waals surface area contributed by atoms with Crippen molar-refractivity contribution < 1.29 is 13.5 Å². The van der Waals surface area contributed by atoms with Crippen LogP contribution in [-0.2, 0) is 10.0 Å². The number of phenolic OH excluding ortho intramolecular Hbond substituents is 1. The average Bonchev–Trinajstić information content (AvgIpc) is 1.96. The van der Waals surface area contributed by atoms with E-state index in [-0.39, 0.29) is 11.4 Å². The number of hydrogen-bond acceptors (Lipinski definition) is 3. The number of rotatable bonds is 2. The molecule has 78 valence electrons. The first kappa shape index (κ1) is 10.8. The number of aryl methyl sites for hydroxylation is 2. The van der Waals surface area contributed by atoms with E-state index in [1.165, 1.54) is 0 Å². The van der Waals surface area contributed by atoms with E-state index in [2.05, 4.69) is 4.72 Å². The molecule has 1 rings (SSSR count). The first-order valence-electron chi connectivity index (χ1n) is 4.07. The molecule has 14 heavy (non-hydrogen) atoms. The lowest BCUT2D eigenvalue weighted by Crippen LogP contribution is -2.10. The van der Waals surface area contributed by atoms with Crippen LogP contribution in [0.4, 0.5) is 5.69 Å². The number of benzene rings is 1. The molecular formula is C9H13NO3S. The SMILES string of the molecule is Cc1cc(C)c(O)c(NS(C)(=O)=O)c1. The molecule has 0 bridgehead atoms. The van der Waals surface area contributed by atoms with Crippen molar-refractivity contribution in [2.24, 2.45) is 0 Å². The number of nitrogens with one attached hydrogen (secondary N) is 1. The van der Waals surface area contributed by atoms with Gasteiger partial charge < -0.3 is 5.11 Å². The van der Waals surface area contributed by atoms with Crippen LogP contribution in [0.25, 0.3) is 0 Å². The summed E-state index contributed by atoms with van der Waals surface area (Å²) in [6, 6.07) is 3.37. The van der Waals surface area contributed by atoms with Gasteiger partial charge in [-0.2, -0.15) is 0 Å². The Kier molecular flexibility index (Phi) is 2.71. The van der Waals surface area contributed by atoms with Gasteiger partial charge >= 0.3 is 0 Å². The van der Waals surface area contributed by atoms with Crippen molar-refractivity contribution >= 4 is 15.7 Å². The number of hydrogen-bond donors (Lipinski definition) is 2. The molecule has 1 aromatic carbocycles. The van der Waals surface area contributed by atoms with E-state index in [4.69, 9.17) is 0 Å². The van der Waals surface area contributed by atoms with Crippen molar-refractivity contribution in [3.63, 3.8) is 0 Å². The Morgan fingerprint density at radius 2 is 1.86 bits per heavy atom. The fraction of sp³-hybridized carbons (Fsp3) is 0.333. The minimum absolute atomic E-state index is 0.0268. The topological polar surface area (TPSA) is 66.4 Å². The number of phenols is 1. The fourth-order valence-corrected chi connectivity index (χ4v) is 1.79. The van der Waals surface area contributed by atoms with Crippen LogP contribution < -0.4 is 4.72 Å². The molecule has 0 aliphatic heterocycles. The van der Waals surface area contributed by atoms with Crippen LogP contribution in [0.5, 0.6) is 5.75 Å². The van der Waals surface area contributed by atoms with Crippen molar-refractivity contribution in [2.45, 2.75) is 13.8 Å². The normalized spacial score (nSPS) is 11.4. The molecule has 0 spiro atoms. The van der Waals surface area contributed by atoms with Crippen LogP contribution in [0.2, 0.25) is 0 Å². The standard InChI is InChI=1S/C9H13NO3S/c1-6-4-7(2)9(11)8(5-6)10-14(3,12)13/h4-5,10-11H,1-3H3. The van der Waals surface area contributed by atoms with Crippen molar-refractivity contribution in [1.82, 2.24) is 0 Å². The van der Waals surface area contributed by atoms with Gasteiger partial charge in [-0.05, 0) is 31.0 Å². The van der Waals surface area contributed by atoms with Crippen LogP contribution in [0.15, 0.2) is 12.1 Å². The molecule has 0 aromatic heterocycles. The Hall–Kier alpha value is -1.23. The maximum Gasteiger partial charge on any atom is 0.229 e. The summed E-state index contributed by atoms with van der Waals surface area (Å²) in [5.41, 5.74) is 1.77. The van der Waals surface area contributed by atoms with Crippen LogP contribution in [-0.4, -0.2) is 19.8 Å². The molecule has 0 fully saturated rings. The second-order valence-corrected chi connectivity index (χ2v) is 5.10. The maximum absolute atomic E-state index is 11.0. The number of anilines is 1. The molecule has 0 aliphatic carbocycles. The summed E-state index contributed by atoms with van der Waals surface area (Å²) in [6.07, 6.45) is 1.05. The molecule has 0 heterocycles. The van der Waals surface area contributed by atoms with Crippen LogP contribution >= 0.6 is 0 Å². The van der Waals surface area contributed by atoms with Gasteiger partial charge in [-0.15, -0.1) is 0 Å². The molecule has 0 saturated heterocycles. The van der Waals surface area contributed by atoms with Crippen molar-refractivity contribution in [3.8, 4) is 5.75 Å². The third-order valence-electron chi connectivity index (χ3n) is 1.74. The zero-order valence-electron chi connectivity index (χ0n) is 8.33. The van der Waals surface area contributed by atoms with Gasteiger partial charge in [0.15, 0.2) is 0 Å². The fourth-order valence-electron chi connectivity index (χ4n) is 1.24. The van der Waals surface area contributed by atoms with Crippen molar-refractivity contribution in [1.29, 1.82) is 0 Å². The molecule has 2 N–H and O–H groups in total. The molecule has 0 atom stereocenters. The van der Waals surface area contributed by atoms with Gasteiger partial charge in [0.25, 0.3) is 0 Å². The van der Waals surface area contributed by atoms with E-state index in [0.29, 0.717) is 5.56 Å². The van der Waals surface area contributed by atoms with Gasteiger partial charge in [0.2, 0.25) is 10.0 Å². The lowest BCUT2D eigenvalue weighted by molar-refractivity contribution is 0.473. The van der Waals surface area contributed by atoms with Crippen molar-refractivity contribution in [3.05, 3.63) is 23.3 Å². The highest BCUT2D eigenvalue weighted by Gasteiger charge is 2.09. The Bertz CT molecular complexity index is 451. The number of aromatic hydroxyl groups is 1. The predicted octanol–water partition coefficient (Wildman–Crippen LogP) is 1.38. The highest BCUT2D eigenvalue weighted by atomic mass is 32.2. The smallest absolute Gasteiger partial charge is 0.229 e. The molecule has 0 amide bonds. The lowest BCUT2D eigenvalue weighted by atomic mass is 10.1. The van der Waals surface area contributed by atoms with E-state index in [9.17, 15) is 13.5 Å². The second-order valence-electron chi connectivity index (χ2n) is 3.35. The summed E-state index contributed by atoms with van der Waals surface area (Å²) in [4.78, 5) is 0. The first-order valence-corrected chi connectivity index (χ1v) is 5.97. The largest absolute Gasteiger partial charge is 0.505 e. The van der Waals surface area contributed by atoms with Gasteiger partial charge in [0.05, 0.1) is 11.9 Å².